The van der Waals surface area contributed by atoms with Crippen LogP contribution in [0.15, 0.2) is 18.7 Å². The van der Waals surface area contributed by atoms with Crippen molar-refractivity contribution in [2.75, 3.05) is 5.73 Å². The molecule has 9 heteroatoms. The Morgan fingerprint density at radius 1 is 1.43 bits per heavy atom. The van der Waals surface area contributed by atoms with E-state index in [4.69, 9.17) is 5.73 Å². The summed E-state index contributed by atoms with van der Waals surface area (Å²) in [6, 6.07) is 0. The molecule has 0 aromatic carbocycles. The molecular formula is C12H13N7OS. The van der Waals surface area contributed by atoms with E-state index in [-0.39, 0.29) is 5.91 Å². The molecule has 0 saturated heterocycles. The Hall–Kier alpha value is -2.55. The molecule has 0 aliphatic rings. The number of hydrogen-bond acceptors (Lipinski definition) is 7. The van der Waals surface area contributed by atoms with Crippen molar-refractivity contribution < 1.29 is 4.79 Å². The molecule has 3 N–H and O–H groups in total. The van der Waals surface area contributed by atoms with E-state index in [1.54, 1.807) is 18.7 Å². The number of nitrogens with zero attached hydrogens (tertiary/aromatic N) is 5. The van der Waals surface area contributed by atoms with Crippen molar-refractivity contribution in [2.24, 2.45) is 0 Å². The van der Waals surface area contributed by atoms with Crippen LogP contribution in [-0.4, -0.2) is 30.6 Å². The number of anilines is 1. The summed E-state index contributed by atoms with van der Waals surface area (Å²) in [7, 11) is 0. The highest BCUT2D eigenvalue weighted by Gasteiger charge is 2.18. The molecule has 3 rings (SSSR count). The van der Waals surface area contributed by atoms with Gasteiger partial charge < -0.3 is 15.6 Å². The van der Waals surface area contributed by atoms with E-state index in [0.717, 1.165) is 6.54 Å². The second kappa shape index (κ2) is 5.44. The van der Waals surface area contributed by atoms with E-state index >= 15 is 0 Å². The Morgan fingerprint density at radius 3 is 3.00 bits per heavy atom. The van der Waals surface area contributed by atoms with E-state index in [1.165, 1.54) is 11.3 Å². The third-order valence-corrected chi connectivity index (χ3v) is 4.11. The fraction of sp³-hybridized carbons (Fsp3) is 0.250. The van der Waals surface area contributed by atoms with Gasteiger partial charge in [0.25, 0.3) is 5.91 Å². The van der Waals surface area contributed by atoms with Crippen LogP contribution in [-0.2, 0) is 13.1 Å². The molecule has 3 aromatic rings. The third-order valence-electron chi connectivity index (χ3n) is 3.01. The molecule has 8 nitrogen and oxygen atoms in total. The van der Waals surface area contributed by atoms with Crippen molar-refractivity contribution in [3.05, 3.63) is 29.4 Å². The second-order valence-electron chi connectivity index (χ2n) is 4.27. The molecule has 3 aromatic heterocycles. The molecule has 3 heterocycles. The molecule has 0 unspecified atom stereocenters. The molecule has 0 atom stereocenters. The highest BCUT2D eigenvalue weighted by Crippen LogP contribution is 2.30. The normalized spacial score (nSPS) is 10.9. The third kappa shape index (κ3) is 2.42. The van der Waals surface area contributed by atoms with Gasteiger partial charge in [-0.05, 0) is 6.92 Å². The fourth-order valence-corrected chi connectivity index (χ4v) is 2.87. The smallest absolute Gasteiger partial charge is 0.264 e. The maximum absolute atomic E-state index is 12.2. The number of rotatable bonds is 4. The van der Waals surface area contributed by atoms with Gasteiger partial charge in [0.1, 0.15) is 21.6 Å². The fourth-order valence-electron chi connectivity index (χ4n) is 1.93. The first-order valence-electron chi connectivity index (χ1n) is 6.34. The number of thiophene rings is 1. The summed E-state index contributed by atoms with van der Waals surface area (Å²) in [5.41, 5.74) is 6.88. The Kier molecular flexibility index (Phi) is 3.48. The molecule has 0 aliphatic carbocycles. The molecule has 0 bridgehead atoms. The van der Waals surface area contributed by atoms with Gasteiger partial charge in [0.15, 0.2) is 5.82 Å². The first kappa shape index (κ1) is 13.4. The predicted molar refractivity (Wildman–Crippen MR) is 78.7 cm³/mol. The maximum Gasteiger partial charge on any atom is 0.264 e. The topological polar surface area (TPSA) is 112 Å². The van der Waals surface area contributed by atoms with Crippen LogP contribution in [0.3, 0.4) is 0 Å². The van der Waals surface area contributed by atoms with Gasteiger partial charge in [-0.3, -0.25) is 4.79 Å². The molecular weight excluding hydrogens is 290 g/mol. The molecule has 0 aliphatic heterocycles. The van der Waals surface area contributed by atoms with Gasteiger partial charge in [-0.1, -0.05) is 0 Å². The summed E-state index contributed by atoms with van der Waals surface area (Å²) >= 11 is 1.23. The van der Waals surface area contributed by atoms with Crippen LogP contribution in [0.1, 0.15) is 22.4 Å². The van der Waals surface area contributed by atoms with Crippen LogP contribution < -0.4 is 11.1 Å². The van der Waals surface area contributed by atoms with Crippen LogP contribution in [0.2, 0.25) is 0 Å². The van der Waals surface area contributed by atoms with E-state index in [9.17, 15) is 4.79 Å². The maximum atomic E-state index is 12.2. The Labute approximate surface area is 124 Å². The Balaban J connectivity index is 1.80. The lowest BCUT2D eigenvalue weighted by Gasteiger charge is -2.05. The van der Waals surface area contributed by atoms with Gasteiger partial charge in [0.2, 0.25) is 0 Å². The summed E-state index contributed by atoms with van der Waals surface area (Å²) < 4.78 is 1.86. The number of aryl methyl sites for hydroxylation is 1. The van der Waals surface area contributed by atoms with Crippen molar-refractivity contribution in [1.29, 1.82) is 0 Å². The van der Waals surface area contributed by atoms with Gasteiger partial charge in [-0.25, -0.2) is 9.97 Å². The zero-order valence-corrected chi connectivity index (χ0v) is 12.1. The number of fused-ring (bicyclic) bond motifs is 1. The molecule has 0 radical (unpaired) electrons. The number of nitrogens with two attached hydrogens (primary N) is 1. The molecule has 0 fully saturated rings. The number of amides is 1. The minimum atomic E-state index is -0.261. The summed E-state index contributed by atoms with van der Waals surface area (Å²) in [6.07, 6.45) is 4.75. The van der Waals surface area contributed by atoms with Crippen LogP contribution in [0.5, 0.6) is 0 Å². The Bertz CT molecular complexity index is 794. The summed E-state index contributed by atoms with van der Waals surface area (Å²) in [4.78, 5) is 21.6. The SMILES string of the molecule is CCn1cnnc1CNC(=O)c1sc2nccnc2c1N. The number of nitrogen functional groups attached to an aromatic ring is 1. The van der Waals surface area contributed by atoms with Crippen molar-refractivity contribution in [3.63, 3.8) is 0 Å². The average Bonchev–Trinajstić information content (AvgIpc) is 3.09. The predicted octanol–water partition coefficient (Wildman–Crippen LogP) is 0.815. The van der Waals surface area contributed by atoms with E-state index in [2.05, 4.69) is 25.5 Å². The zero-order valence-electron chi connectivity index (χ0n) is 11.3. The lowest BCUT2D eigenvalue weighted by atomic mass is 10.3. The van der Waals surface area contributed by atoms with Crippen LogP contribution in [0.25, 0.3) is 10.3 Å². The van der Waals surface area contributed by atoms with Gasteiger partial charge in [0, 0.05) is 18.9 Å². The second-order valence-corrected chi connectivity index (χ2v) is 5.27. The van der Waals surface area contributed by atoms with Gasteiger partial charge in [0.05, 0.1) is 12.2 Å². The van der Waals surface area contributed by atoms with Crippen molar-refractivity contribution in [1.82, 2.24) is 30.0 Å². The largest absolute Gasteiger partial charge is 0.396 e. The van der Waals surface area contributed by atoms with Crippen LogP contribution in [0, 0.1) is 0 Å². The van der Waals surface area contributed by atoms with Gasteiger partial charge in [-0.2, -0.15) is 0 Å². The summed E-state index contributed by atoms with van der Waals surface area (Å²) in [5.74, 6) is 0.435. The first-order valence-corrected chi connectivity index (χ1v) is 7.16. The van der Waals surface area contributed by atoms with E-state index in [0.29, 0.717) is 33.3 Å². The monoisotopic (exact) mass is 303 g/mol. The number of aromatic nitrogens is 5. The highest BCUT2D eigenvalue weighted by molar-refractivity contribution is 7.21. The molecule has 0 spiro atoms. The Morgan fingerprint density at radius 2 is 2.24 bits per heavy atom. The molecule has 108 valence electrons. The summed E-state index contributed by atoms with van der Waals surface area (Å²) in [5, 5.41) is 10.6. The van der Waals surface area contributed by atoms with Crippen molar-refractivity contribution >= 4 is 33.3 Å². The molecule has 0 saturated carbocycles. The van der Waals surface area contributed by atoms with Crippen molar-refractivity contribution in [2.45, 2.75) is 20.0 Å². The standard InChI is InChI=1S/C12H13N7OS/c1-2-19-6-17-18-7(19)5-16-11(20)10-8(13)9-12(21-10)15-4-3-14-9/h3-4,6H,2,5,13H2,1H3,(H,16,20). The van der Waals surface area contributed by atoms with Crippen molar-refractivity contribution in [3.8, 4) is 0 Å². The molecule has 1 amide bonds. The summed E-state index contributed by atoms with van der Waals surface area (Å²) in [6.45, 7) is 3.02. The minimum absolute atomic E-state index is 0.261. The van der Waals surface area contributed by atoms with Crippen LogP contribution in [0.4, 0.5) is 5.69 Å². The molecule has 21 heavy (non-hydrogen) atoms. The number of carbonyl (C=O) groups excluding carboxylic acids is 1. The number of carbonyl (C=O) groups is 1. The van der Waals surface area contributed by atoms with E-state index < -0.39 is 0 Å². The number of nitrogens with one attached hydrogen (secondary N) is 1. The van der Waals surface area contributed by atoms with Gasteiger partial charge in [-0.15, -0.1) is 21.5 Å². The minimum Gasteiger partial charge on any atom is -0.396 e. The quantitative estimate of drug-likeness (QED) is 0.738. The lowest BCUT2D eigenvalue weighted by molar-refractivity contribution is 0.0954. The van der Waals surface area contributed by atoms with Crippen LogP contribution >= 0.6 is 11.3 Å². The van der Waals surface area contributed by atoms with Gasteiger partial charge >= 0.3 is 0 Å². The van der Waals surface area contributed by atoms with E-state index in [1.807, 2.05) is 11.5 Å². The highest BCUT2D eigenvalue weighted by atomic mass is 32.1. The average molecular weight is 303 g/mol. The zero-order chi connectivity index (χ0) is 14.8. The lowest BCUT2D eigenvalue weighted by Crippen LogP contribution is -2.24. The first-order chi connectivity index (χ1) is 10.2. The number of hydrogen-bond donors (Lipinski definition) is 2.